The predicted molar refractivity (Wildman–Crippen MR) is 99.2 cm³/mol. The summed E-state index contributed by atoms with van der Waals surface area (Å²) in [4.78, 5) is 12.6. The van der Waals surface area contributed by atoms with E-state index in [-0.39, 0.29) is 12.3 Å². The Morgan fingerprint density at radius 3 is 2.52 bits per heavy atom. The number of hydrogen-bond acceptors (Lipinski definition) is 3. The highest BCUT2D eigenvalue weighted by Crippen LogP contribution is 2.34. The molecule has 27 heavy (non-hydrogen) atoms. The molecule has 3 nitrogen and oxygen atoms in total. The van der Waals surface area contributed by atoms with E-state index in [1.165, 1.54) is 18.2 Å². The standard InChI is InChI=1S/C20H16F3NO2S/c1-13-6-8-15(9-7-13)26-11-14-10-18(27-12-14)19(25)24-17-5-3-2-4-16(17)20(21,22)23/h2-10,12H,11H2,1H3,(H,24,25). The molecule has 0 radical (unpaired) electrons. The number of carbonyl (C=O) groups excluding carboxylic acids is 1. The Morgan fingerprint density at radius 1 is 1.11 bits per heavy atom. The number of rotatable bonds is 5. The van der Waals surface area contributed by atoms with Crippen LogP contribution >= 0.6 is 11.3 Å². The molecule has 0 saturated carbocycles. The lowest BCUT2D eigenvalue weighted by Crippen LogP contribution is -2.15. The highest BCUT2D eigenvalue weighted by Gasteiger charge is 2.33. The largest absolute Gasteiger partial charge is 0.489 e. The van der Waals surface area contributed by atoms with E-state index in [1.54, 1.807) is 11.4 Å². The minimum Gasteiger partial charge on any atom is -0.489 e. The van der Waals surface area contributed by atoms with E-state index in [1.807, 2.05) is 31.2 Å². The van der Waals surface area contributed by atoms with Crippen LogP contribution < -0.4 is 10.1 Å². The minimum atomic E-state index is -4.54. The third-order valence-corrected chi connectivity index (χ3v) is 4.76. The molecule has 3 rings (SSSR count). The summed E-state index contributed by atoms with van der Waals surface area (Å²) in [5.74, 6) is 0.121. The maximum Gasteiger partial charge on any atom is 0.418 e. The summed E-state index contributed by atoms with van der Waals surface area (Å²) in [7, 11) is 0. The fourth-order valence-corrected chi connectivity index (χ4v) is 3.19. The normalized spacial score (nSPS) is 11.3. The monoisotopic (exact) mass is 391 g/mol. The predicted octanol–water partition coefficient (Wildman–Crippen LogP) is 5.91. The smallest absolute Gasteiger partial charge is 0.418 e. The molecule has 3 aromatic rings. The van der Waals surface area contributed by atoms with Crippen molar-refractivity contribution in [2.75, 3.05) is 5.32 Å². The topological polar surface area (TPSA) is 38.3 Å². The number of amides is 1. The first-order valence-corrected chi connectivity index (χ1v) is 8.95. The summed E-state index contributed by atoms with van der Waals surface area (Å²) in [5, 5.41) is 4.09. The molecule has 7 heteroatoms. The van der Waals surface area contributed by atoms with Crippen LogP contribution in [-0.2, 0) is 12.8 Å². The molecule has 1 N–H and O–H groups in total. The molecule has 140 valence electrons. The van der Waals surface area contributed by atoms with Gasteiger partial charge in [-0.1, -0.05) is 29.8 Å². The number of anilines is 1. The number of hydrogen-bond donors (Lipinski definition) is 1. The molecule has 0 saturated heterocycles. The number of thiophene rings is 1. The van der Waals surface area contributed by atoms with Gasteiger partial charge in [0.25, 0.3) is 5.91 Å². The fraction of sp³-hybridized carbons (Fsp3) is 0.150. The molecule has 0 fully saturated rings. The van der Waals surface area contributed by atoms with Crippen molar-refractivity contribution >= 4 is 22.9 Å². The highest BCUT2D eigenvalue weighted by molar-refractivity contribution is 7.12. The molecule has 0 spiro atoms. The quantitative estimate of drug-likeness (QED) is 0.587. The Labute approximate surface area is 158 Å². The van der Waals surface area contributed by atoms with Gasteiger partial charge in [0.2, 0.25) is 0 Å². The molecule has 1 aromatic heterocycles. The third-order valence-electron chi connectivity index (χ3n) is 3.78. The minimum absolute atomic E-state index is 0.263. The lowest BCUT2D eigenvalue weighted by atomic mass is 10.1. The van der Waals surface area contributed by atoms with Crippen LogP contribution in [0.1, 0.15) is 26.4 Å². The van der Waals surface area contributed by atoms with Crippen molar-refractivity contribution in [3.63, 3.8) is 0 Å². The van der Waals surface area contributed by atoms with E-state index in [0.29, 0.717) is 10.6 Å². The maximum absolute atomic E-state index is 13.0. The van der Waals surface area contributed by atoms with Gasteiger partial charge in [-0.05, 0) is 42.6 Å². The third kappa shape index (κ3) is 4.89. The van der Waals surface area contributed by atoms with Crippen molar-refractivity contribution < 1.29 is 22.7 Å². The van der Waals surface area contributed by atoms with Crippen molar-refractivity contribution in [3.05, 3.63) is 81.5 Å². The van der Waals surface area contributed by atoms with Gasteiger partial charge in [-0.3, -0.25) is 4.79 Å². The zero-order valence-corrected chi connectivity index (χ0v) is 15.2. The lowest BCUT2D eigenvalue weighted by molar-refractivity contribution is -0.136. The van der Waals surface area contributed by atoms with Crippen LogP contribution in [0.15, 0.2) is 60.0 Å². The van der Waals surface area contributed by atoms with Crippen LogP contribution in [0, 0.1) is 6.92 Å². The summed E-state index contributed by atoms with van der Waals surface area (Å²) >= 11 is 1.15. The molecule has 0 aliphatic carbocycles. The zero-order chi connectivity index (χ0) is 19.4. The van der Waals surface area contributed by atoms with Gasteiger partial charge in [0, 0.05) is 5.56 Å². The fourth-order valence-electron chi connectivity index (χ4n) is 2.39. The van der Waals surface area contributed by atoms with E-state index in [9.17, 15) is 18.0 Å². The van der Waals surface area contributed by atoms with Gasteiger partial charge in [0.05, 0.1) is 16.1 Å². The van der Waals surface area contributed by atoms with Crippen molar-refractivity contribution in [3.8, 4) is 5.75 Å². The molecule has 1 heterocycles. The number of benzene rings is 2. The Bertz CT molecular complexity index is 933. The summed E-state index contributed by atoms with van der Waals surface area (Å²) in [6.45, 7) is 2.25. The van der Waals surface area contributed by atoms with Crippen molar-refractivity contribution in [2.24, 2.45) is 0 Å². The lowest BCUT2D eigenvalue weighted by Gasteiger charge is -2.12. The number of alkyl halides is 3. The molecule has 0 aliphatic rings. The van der Waals surface area contributed by atoms with Gasteiger partial charge in [-0.2, -0.15) is 13.2 Å². The number of halogens is 3. The molecular weight excluding hydrogens is 375 g/mol. The van der Waals surface area contributed by atoms with Crippen LogP contribution in [-0.4, -0.2) is 5.91 Å². The SMILES string of the molecule is Cc1ccc(OCc2csc(C(=O)Nc3ccccc3C(F)(F)F)c2)cc1. The number of para-hydroxylation sites is 1. The molecule has 0 bridgehead atoms. The Morgan fingerprint density at radius 2 is 1.81 bits per heavy atom. The van der Waals surface area contributed by atoms with Crippen molar-refractivity contribution in [1.82, 2.24) is 0 Å². The van der Waals surface area contributed by atoms with Gasteiger partial charge >= 0.3 is 6.18 Å². The number of aryl methyl sites for hydroxylation is 1. The Kier molecular flexibility index (Phi) is 5.51. The second-order valence-electron chi connectivity index (χ2n) is 5.92. The van der Waals surface area contributed by atoms with E-state index < -0.39 is 17.6 Å². The Balaban J connectivity index is 1.66. The van der Waals surface area contributed by atoms with E-state index in [0.717, 1.165) is 28.5 Å². The average Bonchev–Trinajstić information content (AvgIpc) is 3.10. The van der Waals surface area contributed by atoms with Crippen LogP contribution in [0.5, 0.6) is 5.75 Å². The molecule has 0 unspecified atom stereocenters. The van der Waals surface area contributed by atoms with Gasteiger partial charge in [-0.25, -0.2) is 0 Å². The van der Waals surface area contributed by atoms with Gasteiger partial charge in [-0.15, -0.1) is 11.3 Å². The Hall–Kier alpha value is -2.80. The van der Waals surface area contributed by atoms with Crippen LogP contribution in [0.4, 0.5) is 18.9 Å². The molecule has 0 aliphatic heterocycles. The zero-order valence-electron chi connectivity index (χ0n) is 14.3. The summed E-state index contributed by atoms with van der Waals surface area (Å²) < 4.78 is 44.7. The first-order chi connectivity index (χ1) is 12.8. The van der Waals surface area contributed by atoms with Crippen molar-refractivity contribution in [2.45, 2.75) is 19.7 Å². The van der Waals surface area contributed by atoms with E-state index >= 15 is 0 Å². The summed E-state index contributed by atoms with van der Waals surface area (Å²) in [5.41, 5.74) is 0.754. The summed E-state index contributed by atoms with van der Waals surface area (Å²) in [6, 6.07) is 14.1. The molecule has 1 amide bonds. The van der Waals surface area contributed by atoms with Gasteiger partial charge < -0.3 is 10.1 Å². The second kappa shape index (κ2) is 7.84. The number of nitrogens with one attached hydrogen (secondary N) is 1. The van der Waals surface area contributed by atoms with Crippen LogP contribution in [0.3, 0.4) is 0 Å². The number of carbonyl (C=O) groups is 1. The highest BCUT2D eigenvalue weighted by atomic mass is 32.1. The molecular formula is C20H16F3NO2S. The second-order valence-corrected chi connectivity index (χ2v) is 6.83. The van der Waals surface area contributed by atoms with Crippen molar-refractivity contribution in [1.29, 1.82) is 0 Å². The summed E-state index contributed by atoms with van der Waals surface area (Å²) in [6.07, 6.45) is -4.54. The average molecular weight is 391 g/mol. The maximum atomic E-state index is 13.0. The van der Waals surface area contributed by atoms with Gasteiger partial charge in [0.15, 0.2) is 0 Å². The first-order valence-electron chi connectivity index (χ1n) is 8.07. The van der Waals surface area contributed by atoms with Crippen LogP contribution in [0.2, 0.25) is 0 Å². The van der Waals surface area contributed by atoms with E-state index in [2.05, 4.69) is 5.32 Å². The number of ether oxygens (including phenoxy) is 1. The molecule has 0 atom stereocenters. The van der Waals surface area contributed by atoms with Crippen LogP contribution in [0.25, 0.3) is 0 Å². The van der Waals surface area contributed by atoms with E-state index in [4.69, 9.17) is 4.74 Å². The first kappa shape index (κ1) is 19.0. The van der Waals surface area contributed by atoms with Gasteiger partial charge in [0.1, 0.15) is 12.4 Å². The molecule has 2 aromatic carbocycles.